The van der Waals surface area contributed by atoms with Gasteiger partial charge in [-0.25, -0.2) is 0 Å². The lowest BCUT2D eigenvalue weighted by Crippen LogP contribution is -2.28. The maximum Gasteiger partial charge on any atom is 0.147 e. The SMILES string of the molecule is C[C@@H](c1ccccn1)N(Cc1ccccc1)Cc1nnc2n1CCOCC2. The standard InChI is InChI=1S/C21H25N5O/c1-17(19-9-5-6-11-22-19)25(15-18-7-3-2-4-8-18)16-21-24-23-20-10-13-27-14-12-26(20)21/h2-9,11,17H,10,12-16H2,1H3/t17-/m0/s1. The molecule has 2 aromatic heterocycles. The first-order valence-electron chi connectivity index (χ1n) is 9.49. The second-order valence-corrected chi connectivity index (χ2v) is 6.87. The summed E-state index contributed by atoms with van der Waals surface area (Å²) in [6.45, 7) is 6.00. The van der Waals surface area contributed by atoms with Gasteiger partial charge in [-0.1, -0.05) is 36.4 Å². The molecule has 0 aliphatic carbocycles. The summed E-state index contributed by atoms with van der Waals surface area (Å²) >= 11 is 0. The van der Waals surface area contributed by atoms with Crippen LogP contribution in [0.15, 0.2) is 54.7 Å². The van der Waals surface area contributed by atoms with Gasteiger partial charge in [-0.3, -0.25) is 9.88 Å². The molecule has 0 amide bonds. The summed E-state index contributed by atoms with van der Waals surface area (Å²) in [6.07, 6.45) is 2.68. The molecule has 1 aliphatic heterocycles. The summed E-state index contributed by atoms with van der Waals surface area (Å²) in [4.78, 5) is 6.97. The van der Waals surface area contributed by atoms with Gasteiger partial charge in [0.2, 0.25) is 0 Å². The molecule has 3 aromatic rings. The minimum Gasteiger partial charge on any atom is -0.379 e. The van der Waals surface area contributed by atoms with Crippen LogP contribution in [0, 0.1) is 0 Å². The van der Waals surface area contributed by atoms with Crippen LogP contribution in [0.25, 0.3) is 0 Å². The van der Waals surface area contributed by atoms with Gasteiger partial charge in [-0.05, 0) is 24.6 Å². The Morgan fingerprint density at radius 2 is 1.89 bits per heavy atom. The van der Waals surface area contributed by atoms with E-state index in [9.17, 15) is 0 Å². The molecule has 1 aromatic carbocycles. The van der Waals surface area contributed by atoms with E-state index in [0.29, 0.717) is 6.61 Å². The Balaban J connectivity index is 1.61. The second-order valence-electron chi connectivity index (χ2n) is 6.87. The van der Waals surface area contributed by atoms with Crippen LogP contribution in [0.2, 0.25) is 0 Å². The molecule has 27 heavy (non-hydrogen) atoms. The van der Waals surface area contributed by atoms with Crippen molar-refractivity contribution in [2.24, 2.45) is 0 Å². The molecule has 6 nitrogen and oxygen atoms in total. The third-order valence-electron chi connectivity index (χ3n) is 5.07. The molecule has 0 N–H and O–H groups in total. The Morgan fingerprint density at radius 3 is 2.70 bits per heavy atom. The van der Waals surface area contributed by atoms with E-state index in [1.807, 2.05) is 18.3 Å². The largest absolute Gasteiger partial charge is 0.379 e. The summed E-state index contributed by atoms with van der Waals surface area (Å²) < 4.78 is 7.81. The van der Waals surface area contributed by atoms with Gasteiger partial charge in [0.15, 0.2) is 0 Å². The van der Waals surface area contributed by atoms with Crippen LogP contribution >= 0.6 is 0 Å². The third-order valence-corrected chi connectivity index (χ3v) is 5.07. The van der Waals surface area contributed by atoms with E-state index in [2.05, 4.69) is 68.0 Å². The molecule has 1 atom stereocenters. The lowest BCUT2D eigenvalue weighted by Gasteiger charge is -2.28. The van der Waals surface area contributed by atoms with Crippen LogP contribution < -0.4 is 0 Å². The minimum absolute atomic E-state index is 0.168. The fraction of sp³-hybridized carbons (Fsp3) is 0.381. The first-order chi connectivity index (χ1) is 13.3. The van der Waals surface area contributed by atoms with E-state index in [4.69, 9.17) is 4.74 Å². The molecular formula is C21H25N5O. The number of fused-ring (bicyclic) bond motifs is 1. The van der Waals surface area contributed by atoms with Crippen molar-refractivity contribution in [3.8, 4) is 0 Å². The Kier molecular flexibility index (Phi) is 5.55. The average molecular weight is 363 g/mol. The Morgan fingerprint density at radius 1 is 1.04 bits per heavy atom. The molecule has 4 rings (SSSR count). The van der Waals surface area contributed by atoms with Gasteiger partial charge in [0.1, 0.15) is 11.6 Å². The molecule has 0 radical (unpaired) electrons. The first kappa shape index (κ1) is 17.8. The molecule has 0 bridgehead atoms. The maximum absolute atomic E-state index is 5.60. The molecule has 0 spiro atoms. The van der Waals surface area contributed by atoms with E-state index in [1.165, 1.54) is 5.56 Å². The monoisotopic (exact) mass is 363 g/mol. The van der Waals surface area contributed by atoms with Crippen molar-refractivity contribution < 1.29 is 4.74 Å². The van der Waals surface area contributed by atoms with Crippen molar-refractivity contribution in [3.63, 3.8) is 0 Å². The van der Waals surface area contributed by atoms with E-state index in [-0.39, 0.29) is 6.04 Å². The van der Waals surface area contributed by atoms with Crippen molar-refractivity contribution in [2.45, 2.75) is 39.0 Å². The predicted octanol–water partition coefficient (Wildman–Crippen LogP) is 3.01. The van der Waals surface area contributed by atoms with Crippen LogP contribution in [0.5, 0.6) is 0 Å². The minimum atomic E-state index is 0.168. The van der Waals surface area contributed by atoms with Crippen LogP contribution in [-0.2, 0) is 30.8 Å². The summed E-state index contributed by atoms with van der Waals surface area (Å²) in [5.74, 6) is 2.02. The van der Waals surface area contributed by atoms with Gasteiger partial charge in [0.25, 0.3) is 0 Å². The molecule has 0 saturated carbocycles. The zero-order chi connectivity index (χ0) is 18.5. The Hall–Kier alpha value is -2.57. The van der Waals surface area contributed by atoms with Crippen molar-refractivity contribution in [1.29, 1.82) is 0 Å². The smallest absolute Gasteiger partial charge is 0.147 e. The van der Waals surface area contributed by atoms with Gasteiger partial charge < -0.3 is 9.30 Å². The zero-order valence-corrected chi connectivity index (χ0v) is 15.7. The van der Waals surface area contributed by atoms with Crippen molar-refractivity contribution in [3.05, 3.63) is 77.6 Å². The van der Waals surface area contributed by atoms with Crippen LogP contribution in [0.1, 0.15) is 35.9 Å². The highest BCUT2D eigenvalue weighted by Gasteiger charge is 2.22. The summed E-state index contributed by atoms with van der Waals surface area (Å²) in [5, 5.41) is 8.89. The number of ether oxygens (including phenoxy) is 1. The molecule has 0 unspecified atom stereocenters. The normalized spacial score (nSPS) is 15.3. The van der Waals surface area contributed by atoms with Crippen molar-refractivity contribution in [1.82, 2.24) is 24.6 Å². The number of hydrogen-bond donors (Lipinski definition) is 0. The zero-order valence-electron chi connectivity index (χ0n) is 15.7. The number of aromatic nitrogens is 4. The van der Waals surface area contributed by atoms with E-state index in [1.54, 1.807) is 0 Å². The van der Waals surface area contributed by atoms with Crippen molar-refractivity contribution in [2.75, 3.05) is 13.2 Å². The molecule has 3 heterocycles. The highest BCUT2D eigenvalue weighted by atomic mass is 16.5. The number of nitrogens with zero attached hydrogens (tertiary/aromatic N) is 5. The van der Waals surface area contributed by atoms with Gasteiger partial charge in [-0.2, -0.15) is 0 Å². The van der Waals surface area contributed by atoms with Gasteiger partial charge in [0.05, 0.1) is 31.5 Å². The predicted molar refractivity (Wildman–Crippen MR) is 103 cm³/mol. The molecule has 0 saturated heterocycles. The summed E-state index contributed by atoms with van der Waals surface area (Å²) in [6, 6.07) is 16.8. The van der Waals surface area contributed by atoms with Gasteiger partial charge in [0, 0.05) is 25.7 Å². The summed E-state index contributed by atoms with van der Waals surface area (Å²) in [5.41, 5.74) is 2.34. The van der Waals surface area contributed by atoms with Crippen LogP contribution in [0.3, 0.4) is 0 Å². The number of hydrogen-bond acceptors (Lipinski definition) is 5. The fourth-order valence-electron chi connectivity index (χ4n) is 3.49. The fourth-order valence-corrected chi connectivity index (χ4v) is 3.49. The summed E-state index contributed by atoms with van der Waals surface area (Å²) in [7, 11) is 0. The lowest BCUT2D eigenvalue weighted by molar-refractivity contribution is 0.137. The topological polar surface area (TPSA) is 56.1 Å². The highest BCUT2D eigenvalue weighted by molar-refractivity contribution is 5.16. The van der Waals surface area contributed by atoms with E-state index >= 15 is 0 Å². The quantitative estimate of drug-likeness (QED) is 0.674. The molecular weight excluding hydrogens is 338 g/mol. The average Bonchev–Trinajstić information content (AvgIpc) is 2.94. The Bertz CT molecular complexity index is 850. The highest BCUT2D eigenvalue weighted by Crippen LogP contribution is 2.23. The number of benzene rings is 1. The number of rotatable bonds is 6. The lowest BCUT2D eigenvalue weighted by atomic mass is 10.1. The second kappa shape index (κ2) is 8.41. The van der Waals surface area contributed by atoms with E-state index in [0.717, 1.165) is 50.0 Å². The maximum atomic E-state index is 5.60. The Labute approximate surface area is 159 Å². The van der Waals surface area contributed by atoms with Crippen LogP contribution in [0.4, 0.5) is 0 Å². The van der Waals surface area contributed by atoms with Gasteiger partial charge in [-0.15, -0.1) is 10.2 Å². The molecule has 1 aliphatic rings. The third kappa shape index (κ3) is 4.23. The van der Waals surface area contributed by atoms with Crippen LogP contribution in [-0.4, -0.2) is 37.9 Å². The molecule has 6 heteroatoms. The van der Waals surface area contributed by atoms with Crippen molar-refractivity contribution >= 4 is 0 Å². The van der Waals surface area contributed by atoms with Gasteiger partial charge >= 0.3 is 0 Å². The molecule has 140 valence electrons. The van der Waals surface area contributed by atoms with E-state index < -0.39 is 0 Å². The molecule has 0 fully saturated rings. The first-order valence-corrected chi connectivity index (χ1v) is 9.49. The number of pyridine rings is 1.